The summed E-state index contributed by atoms with van der Waals surface area (Å²) in [7, 11) is -3.68. The number of nitrogens with zero attached hydrogens (tertiary/aromatic N) is 1. The van der Waals surface area contributed by atoms with E-state index in [0.29, 0.717) is 24.8 Å². The fourth-order valence-corrected chi connectivity index (χ4v) is 7.92. The lowest BCUT2D eigenvalue weighted by Crippen LogP contribution is -2.63. The Morgan fingerprint density at radius 3 is 2.21 bits per heavy atom. The smallest absolute Gasteiger partial charge is 0.239 e. The molecule has 6 atom stereocenters. The van der Waals surface area contributed by atoms with Gasteiger partial charge in [0.1, 0.15) is 6.04 Å². The molecule has 266 valence electrons. The number of amides is 2. The van der Waals surface area contributed by atoms with Gasteiger partial charge in [0.25, 0.3) is 0 Å². The van der Waals surface area contributed by atoms with Crippen LogP contribution in [-0.2, 0) is 32.4 Å². The van der Waals surface area contributed by atoms with E-state index in [1.54, 1.807) is 13.8 Å². The third-order valence-corrected chi connectivity index (χ3v) is 12.6. The first-order valence-electron chi connectivity index (χ1n) is 17.5. The Morgan fingerprint density at radius 1 is 0.958 bits per heavy atom. The van der Waals surface area contributed by atoms with Gasteiger partial charge in [-0.3, -0.25) is 14.5 Å². The molecule has 0 radical (unpaired) electrons. The molecule has 2 aliphatic rings. The number of benzene rings is 2. The van der Waals surface area contributed by atoms with Crippen molar-refractivity contribution in [1.82, 2.24) is 20.9 Å². The second-order valence-corrected chi connectivity index (χ2v) is 18.3. The molecule has 10 heteroatoms. The molecule has 1 saturated heterocycles. The molecule has 2 aromatic rings. The topological polar surface area (TPSA) is 128 Å². The van der Waals surface area contributed by atoms with Gasteiger partial charge in [-0.05, 0) is 89.3 Å². The van der Waals surface area contributed by atoms with Crippen LogP contribution in [0.1, 0.15) is 83.4 Å². The van der Waals surface area contributed by atoms with Crippen molar-refractivity contribution in [3.05, 3.63) is 71.3 Å². The second-order valence-electron chi connectivity index (χ2n) is 15.7. The van der Waals surface area contributed by atoms with Crippen LogP contribution < -0.4 is 16.0 Å². The Balaban J connectivity index is 1.61. The molecule has 0 spiro atoms. The summed E-state index contributed by atoms with van der Waals surface area (Å²) in [5, 5.41) is 21.5. The number of sulfone groups is 1. The quantitative estimate of drug-likeness (QED) is 0.250. The highest BCUT2D eigenvalue weighted by Crippen LogP contribution is 2.39. The molecule has 2 amide bonds. The summed E-state index contributed by atoms with van der Waals surface area (Å²) in [6.07, 6.45) is 5.83. The van der Waals surface area contributed by atoms with Crippen LogP contribution in [0.15, 0.2) is 54.6 Å². The van der Waals surface area contributed by atoms with Crippen LogP contribution in [0.2, 0.25) is 0 Å². The zero-order chi connectivity index (χ0) is 35.3. The molecule has 4 N–H and O–H groups in total. The van der Waals surface area contributed by atoms with E-state index in [9.17, 15) is 23.1 Å². The molecule has 9 nitrogen and oxygen atoms in total. The molecule has 48 heavy (non-hydrogen) atoms. The third kappa shape index (κ3) is 9.89. The summed E-state index contributed by atoms with van der Waals surface area (Å²) in [5.41, 5.74) is 2.54. The zero-order valence-corrected chi connectivity index (χ0v) is 30.8. The van der Waals surface area contributed by atoms with Gasteiger partial charge in [0.2, 0.25) is 11.8 Å². The number of aryl methyl sites for hydroxylation is 1. The molecule has 0 bridgehead atoms. The van der Waals surface area contributed by atoms with Crippen LogP contribution in [0.3, 0.4) is 0 Å². The Morgan fingerprint density at radius 2 is 1.58 bits per heavy atom. The van der Waals surface area contributed by atoms with Crippen molar-refractivity contribution in [2.24, 2.45) is 11.8 Å². The van der Waals surface area contributed by atoms with Crippen LogP contribution in [0.4, 0.5) is 0 Å². The van der Waals surface area contributed by atoms with Crippen LogP contribution in [0.25, 0.3) is 0 Å². The lowest BCUT2D eigenvalue weighted by atomic mass is 9.72. The van der Waals surface area contributed by atoms with Crippen LogP contribution in [-0.4, -0.2) is 84.1 Å². The van der Waals surface area contributed by atoms with Gasteiger partial charge in [-0.2, -0.15) is 0 Å². The molecular formula is C38H58N4O5S. The number of nitrogens with one attached hydrogen (secondary N) is 3. The van der Waals surface area contributed by atoms with Crippen LogP contribution in [0, 0.1) is 18.8 Å². The van der Waals surface area contributed by atoms with Crippen LogP contribution in [0.5, 0.6) is 0 Å². The number of rotatable bonds is 13. The van der Waals surface area contributed by atoms with E-state index in [4.69, 9.17) is 0 Å². The van der Waals surface area contributed by atoms with E-state index in [1.165, 1.54) is 12.8 Å². The van der Waals surface area contributed by atoms with Crippen molar-refractivity contribution in [1.29, 1.82) is 0 Å². The van der Waals surface area contributed by atoms with Gasteiger partial charge < -0.3 is 21.1 Å². The zero-order valence-electron chi connectivity index (χ0n) is 30.0. The van der Waals surface area contributed by atoms with Crippen molar-refractivity contribution < 1.29 is 23.1 Å². The summed E-state index contributed by atoms with van der Waals surface area (Å²) in [4.78, 5) is 30.0. The molecule has 4 rings (SSSR count). The number of carbonyl (C=O) groups excluding carboxylic acids is 2. The number of piperidine rings is 1. The first-order chi connectivity index (χ1) is 22.5. The predicted octanol–water partition coefficient (Wildman–Crippen LogP) is 4.16. The SMILES string of the molecule is Cc1ccccc1CN[C@H](C(=O)N[C@@H](Cc1ccccc1)[C@H](O)CN1C[C@H]2CCCC[C@H]2C[C@H]1C(=O)NC(C)(C)C)C(C)(C)S(C)(=O)=O. The lowest BCUT2D eigenvalue weighted by molar-refractivity contribution is -0.133. The Kier molecular flexibility index (Phi) is 12.5. The standard InChI is InChI=1S/C38H58N4O5S/c1-26-15-11-12-19-29(26)23-39-34(38(5,6)48(7,46)47)36(45)40-31(21-27-16-9-8-10-17-27)33(43)25-42-24-30-20-14-13-18-28(30)22-32(42)35(44)41-37(2,3)4/h8-12,15-17,19,28,30-34,39,43H,13-14,18,20-25H2,1-7H3,(H,40,45)(H,41,44)/t28-,30+,31-,32-,33+,34+/m0/s1. The van der Waals surface area contributed by atoms with Crippen molar-refractivity contribution >= 4 is 21.7 Å². The summed E-state index contributed by atoms with van der Waals surface area (Å²) >= 11 is 0. The Bertz CT molecular complexity index is 1490. The number of β-amino-alcohol motifs (C(OH)–C–C–N with tert-alkyl or cyclic N) is 1. The first-order valence-corrected chi connectivity index (χ1v) is 19.4. The number of fused-ring (bicyclic) bond motifs is 1. The average Bonchev–Trinajstić information content (AvgIpc) is 3.00. The van der Waals surface area contributed by atoms with Crippen molar-refractivity contribution in [2.45, 2.75) is 121 Å². The summed E-state index contributed by atoms with van der Waals surface area (Å²) < 4.78 is 24.7. The highest BCUT2D eigenvalue weighted by molar-refractivity contribution is 7.92. The number of aliphatic hydroxyl groups is 1. The molecule has 0 aromatic heterocycles. The van der Waals surface area contributed by atoms with Crippen molar-refractivity contribution in [3.8, 4) is 0 Å². The van der Waals surface area contributed by atoms with Crippen molar-refractivity contribution in [2.75, 3.05) is 19.3 Å². The van der Waals surface area contributed by atoms with Crippen LogP contribution >= 0.6 is 0 Å². The molecule has 0 unspecified atom stereocenters. The summed E-state index contributed by atoms with van der Waals surface area (Å²) in [6, 6.07) is 15.2. The van der Waals surface area contributed by atoms with Gasteiger partial charge in [0.05, 0.1) is 22.9 Å². The Hall–Kier alpha value is -2.79. The molecule has 1 saturated carbocycles. The largest absolute Gasteiger partial charge is 0.390 e. The van der Waals surface area contributed by atoms with Gasteiger partial charge in [-0.1, -0.05) is 73.9 Å². The molecule has 2 fully saturated rings. The molecule has 1 heterocycles. The van der Waals surface area contributed by atoms with Gasteiger partial charge in [-0.15, -0.1) is 0 Å². The number of hydrogen-bond acceptors (Lipinski definition) is 7. The van der Waals surface area contributed by atoms with E-state index in [-0.39, 0.29) is 24.0 Å². The highest BCUT2D eigenvalue weighted by atomic mass is 32.2. The molecule has 1 aliphatic heterocycles. The highest BCUT2D eigenvalue weighted by Gasteiger charge is 2.45. The number of hydrogen-bond donors (Lipinski definition) is 4. The van der Waals surface area contributed by atoms with Gasteiger partial charge in [-0.25, -0.2) is 8.42 Å². The van der Waals surface area contributed by atoms with E-state index in [1.807, 2.05) is 82.3 Å². The molecule has 2 aromatic carbocycles. The minimum atomic E-state index is -3.68. The maximum absolute atomic E-state index is 14.2. The molecule has 1 aliphatic carbocycles. The first kappa shape index (κ1) is 38.0. The normalized spacial score (nSPS) is 22.6. The van der Waals surface area contributed by atoms with E-state index >= 15 is 0 Å². The Labute approximate surface area is 288 Å². The molecular weight excluding hydrogens is 625 g/mol. The average molecular weight is 683 g/mol. The monoisotopic (exact) mass is 682 g/mol. The lowest BCUT2D eigenvalue weighted by Gasteiger charge is -2.47. The van der Waals surface area contributed by atoms with Gasteiger partial charge in [0.15, 0.2) is 9.84 Å². The minimum absolute atomic E-state index is 0.0299. The predicted molar refractivity (Wildman–Crippen MR) is 192 cm³/mol. The fraction of sp³-hybridized carbons (Fsp3) is 0.632. The third-order valence-electron chi connectivity index (χ3n) is 10.5. The van der Waals surface area contributed by atoms with Gasteiger partial charge >= 0.3 is 0 Å². The fourth-order valence-electron chi connectivity index (χ4n) is 7.30. The summed E-state index contributed by atoms with van der Waals surface area (Å²) in [6.45, 7) is 12.3. The summed E-state index contributed by atoms with van der Waals surface area (Å²) in [5.74, 6) is 0.433. The second kappa shape index (κ2) is 15.8. The number of carbonyl (C=O) groups is 2. The van der Waals surface area contributed by atoms with E-state index < -0.39 is 38.7 Å². The maximum atomic E-state index is 14.2. The van der Waals surface area contributed by atoms with Crippen molar-refractivity contribution in [3.63, 3.8) is 0 Å². The van der Waals surface area contributed by atoms with E-state index in [2.05, 4.69) is 20.9 Å². The number of likely N-dealkylation sites (tertiary alicyclic amines) is 1. The van der Waals surface area contributed by atoms with Gasteiger partial charge in [0, 0.05) is 31.4 Å². The maximum Gasteiger partial charge on any atom is 0.239 e. The minimum Gasteiger partial charge on any atom is -0.390 e. The number of aliphatic hydroxyl groups excluding tert-OH is 1. The van der Waals surface area contributed by atoms with E-state index in [0.717, 1.165) is 48.8 Å².